The number of pyridine rings is 1. The van der Waals surface area contributed by atoms with Gasteiger partial charge in [0.05, 0.1) is 30.3 Å². The molecule has 0 amide bonds. The van der Waals surface area contributed by atoms with Crippen LogP contribution in [0.15, 0.2) is 81.1 Å². The van der Waals surface area contributed by atoms with Crippen molar-refractivity contribution in [2.75, 3.05) is 31.2 Å². The van der Waals surface area contributed by atoms with Crippen molar-refractivity contribution in [2.45, 2.75) is 0 Å². The van der Waals surface area contributed by atoms with E-state index >= 15 is 0 Å². The van der Waals surface area contributed by atoms with Crippen LogP contribution < -0.4 is 21.7 Å². The van der Waals surface area contributed by atoms with Crippen LogP contribution in [0.2, 0.25) is 0 Å². The predicted molar refractivity (Wildman–Crippen MR) is 123 cm³/mol. The Morgan fingerprint density at radius 2 is 1.34 bits per heavy atom. The highest BCUT2D eigenvalue weighted by Crippen LogP contribution is 2.24. The van der Waals surface area contributed by atoms with Crippen molar-refractivity contribution in [3.63, 3.8) is 0 Å². The molecule has 3 heterocycles. The van der Waals surface area contributed by atoms with E-state index in [1.54, 1.807) is 43.4 Å². The summed E-state index contributed by atoms with van der Waals surface area (Å²) in [6.07, 6.45) is 0. The Kier molecular flexibility index (Phi) is 4.99. The van der Waals surface area contributed by atoms with Crippen molar-refractivity contribution >= 4 is 16.7 Å². The number of hydrogen-bond donors (Lipinski definition) is 0. The van der Waals surface area contributed by atoms with E-state index in [0.717, 1.165) is 0 Å². The van der Waals surface area contributed by atoms with Crippen molar-refractivity contribution in [1.82, 2.24) is 13.7 Å². The minimum atomic E-state index is -0.533. The summed E-state index contributed by atoms with van der Waals surface area (Å²) >= 11 is 0. The van der Waals surface area contributed by atoms with E-state index < -0.39 is 11.2 Å². The van der Waals surface area contributed by atoms with Crippen LogP contribution >= 0.6 is 0 Å². The largest absolute Gasteiger partial charge is 0.378 e. The molecule has 0 saturated carbocycles. The average Bonchev–Trinajstić information content (AvgIpc) is 2.83. The Bertz CT molecular complexity index is 1460. The average molecular weight is 430 g/mol. The number of hydrogen-bond acceptors (Lipinski definition) is 5. The number of benzene rings is 2. The van der Waals surface area contributed by atoms with Gasteiger partial charge in [0.15, 0.2) is 0 Å². The van der Waals surface area contributed by atoms with E-state index in [1.165, 1.54) is 19.8 Å². The van der Waals surface area contributed by atoms with Crippen molar-refractivity contribution in [2.24, 2.45) is 7.05 Å². The van der Waals surface area contributed by atoms with Gasteiger partial charge in [-0.05, 0) is 24.3 Å². The normalized spacial score (nSPS) is 14.1. The Morgan fingerprint density at radius 1 is 0.781 bits per heavy atom. The molecule has 1 saturated heterocycles. The van der Waals surface area contributed by atoms with E-state index in [2.05, 4.69) is 0 Å². The molecule has 162 valence electrons. The fourth-order valence-corrected chi connectivity index (χ4v) is 4.20. The highest BCUT2D eigenvalue weighted by Gasteiger charge is 2.24. The third-order valence-corrected chi connectivity index (χ3v) is 5.78. The second-order valence-corrected chi connectivity index (χ2v) is 7.65. The van der Waals surface area contributed by atoms with Gasteiger partial charge in [0.25, 0.3) is 11.1 Å². The van der Waals surface area contributed by atoms with Gasteiger partial charge in [-0.3, -0.25) is 14.2 Å². The SMILES string of the molecule is Cn1c(=O)cc(N2CCOCC2)c2c(=O)n(-c3ccccc3)c(=O)n(-c3ccccc3)c21. The zero-order chi connectivity index (χ0) is 22.2. The predicted octanol–water partition coefficient (Wildman–Crippen LogP) is 1.68. The summed E-state index contributed by atoms with van der Waals surface area (Å²) in [7, 11) is 1.58. The summed E-state index contributed by atoms with van der Waals surface area (Å²) in [6, 6.07) is 19.4. The number of rotatable bonds is 3. The first-order valence-electron chi connectivity index (χ1n) is 10.4. The fraction of sp³-hybridized carbons (Fsp3) is 0.208. The number of nitrogens with zero attached hydrogens (tertiary/aromatic N) is 4. The third-order valence-electron chi connectivity index (χ3n) is 5.78. The molecule has 0 aliphatic carbocycles. The maximum atomic E-state index is 13.8. The number of ether oxygens (including phenoxy) is 1. The molecule has 1 aliphatic rings. The molecule has 0 bridgehead atoms. The van der Waals surface area contributed by atoms with Gasteiger partial charge >= 0.3 is 5.69 Å². The van der Waals surface area contributed by atoms with Crippen LogP contribution in [-0.2, 0) is 11.8 Å². The molecule has 0 atom stereocenters. The van der Waals surface area contributed by atoms with Crippen LogP contribution in [0.5, 0.6) is 0 Å². The molecule has 0 radical (unpaired) electrons. The van der Waals surface area contributed by atoms with Gasteiger partial charge in [0, 0.05) is 26.2 Å². The lowest BCUT2D eigenvalue weighted by molar-refractivity contribution is 0.123. The molecule has 4 aromatic rings. The molecule has 0 N–H and O–H groups in total. The topological polar surface area (TPSA) is 78.5 Å². The van der Waals surface area contributed by atoms with Gasteiger partial charge in [0.1, 0.15) is 11.0 Å². The van der Waals surface area contributed by atoms with Crippen LogP contribution in [0, 0.1) is 0 Å². The summed E-state index contributed by atoms with van der Waals surface area (Å²) in [4.78, 5) is 42.5. The summed E-state index contributed by atoms with van der Waals surface area (Å²) in [5.41, 5.74) is 0.546. The van der Waals surface area contributed by atoms with E-state index in [9.17, 15) is 14.4 Å². The van der Waals surface area contributed by atoms with E-state index in [1.807, 2.05) is 29.2 Å². The first-order chi connectivity index (χ1) is 15.6. The molecule has 8 nitrogen and oxygen atoms in total. The summed E-state index contributed by atoms with van der Waals surface area (Å²) in [6.45, 7) is 2.11. The molecule has 8 heteroatoms. The zero-order valence-electron chi connectivity index (χ0n) is 17.6. The Hall–Kier alpha value is -3.91. The maximum Gasteiger partial charge on any atom is 0.341 e. The molecule has 0 unspecified atom stereocenters. The van der Waals surface area contributed by atoms with Crippen molar-refractivity contribution in [1.29, 1.82) is 0 Å². The first-order valence-corrected chi connectivity index (χ1v) is 10.4. The Labute approximate surface area is 183 Å². The summed E-state index contributed by atoms with van der Waals surface area (Å²) in [5.74, 6) is 0. The second kappa shape index (κ2) is 7.97. The van der Waals surface area contributed by atoms with Gasteiger partial charge < -0.3 is 9.64 Å². The monoisotopic (exact) mass is 430 g/mol. The van der Waals surface area contributed by atoms with Crippen LogP contribution in [0.25, 0.3) is 22.4 Å². The zero-order valence-corrected chi connectivity index (χ0v) is 17.6. The van der Waals surface area contributed by atoms with E-state index in [-0.39, 0.29) is 11.2 Å². The van der Waals surface area contributed by atoms with Gasteiger partial charge in [0.2, 0.25) is 0 Å². The molecule has 2 aromatic carbocycles. The van der Waals surface area contributed by atoms with Gasteiger partial charge in [-0.1, -0.05) is 36.4 Å². The molecule has 1 fully saturated rings. The van der Waals surface area contributed by atoms with Crippen LogP contribution in [0.4, 0.5) is 5.69 Å². The molecule has 2 aromatic heterocycles. The molecular weight excluding hydrogens is 408 g/mol. The number of para-hydroxylation sites is 2. The highest BCUT2D eigenvalue weighted by atomic mass is 16.5. The molecular formula is C24H22N4O4. The number of morpholine rings is 1. The molecule has 1 aliphatic heterocycles. The lowest BCUT2D eigenvalue weighted by atomic mass is 10.2. The smallest absolute Gasteiger partial charge is 0.341 e. The standard InChI is InChI=1S/C24H22N4O4/c1-25-20(29)16-19(26-12-14-32-15-13-26)21-22(25)27(17-8-4-2-5-9-17)24(31)28(23(21)30)18-10-6-3-7-11-18/h2-11,16H,12-15H2,1H3. The van der Waals surface area contributed by atoms with Crippen molar-refractivity contribution in [3.8, 4) is 11.4 Å². The third kappa shape index (κ3) is 3.16. The van der Waals surface area contributed by atoms with Gasteiger partial charge in [-0.2, -0.15) is 0 Å². The molecule has 0 spiro atoms. The number of aromatic nitrogens is 3. The maximum absolute atomic E-state index is 13.8. The van der Waals surface area contributed by atoms with Crippen LogP contribution in [0.3, 0.4) is 0 Å². The minimum absolute atomic E-state index is 0.271. The lowest BCUT2D eigenvalue weighted by Gasteiger charge is -2.30. The number of anilines is 1. The Morgan fingerprint density at radius 3 is 1.94 bits per heavy atom. The highest BCUT2D eigenvalue weighted by molar-refractivity contribution is 5.90. The van der Waals surface area contributed by atoms with Crippen molar-refractivity contribution in [3.05, 3.63) is 97.9 Å². The quantitative estimate of drug-likeness (QED) is 0.494. The van der Waals surface area contributed by atoms with Crippen molar-refractivity contribution < 1.29 is 4.74 Å². The fourth-order valence-electron chi connectivity index (χ4n) is 4.20. The van der Waals surface area contributed by atoms with Gasteiger partial charge in [-0.25, -0.2) is 13.9 Å². The first kappa shape index (κ1) is 20.0. The molecule has 32 heavy (non-hydrogen) atoms. The van der Waals surface area contributed by atoms with Crippen LogP contribution in [-0.4, -0.2) is 40.0 Å². The number of fused-ring (bicyclic) bond motifs is 1. The van der Waals surface area contributed by atoms with E-state index in [0.29, 0.717) is 48.8 Å². The molecule has 5 rings (SSSR count). The Balaban J connectivity index is 2.00. The summed E-state index contributed by atoms with van der Waals surface area (Å²) < 4.78 is 9.43. The number of aryl methyl sites for hydroxylation is 1. The van der Waals surface area contributed by atoms with E-state index in [4.69, 9.17) is 4.74 Å². The second-order valence-electron chi connectivity index (χ2n) is 7.65. The summed E-state index contributed by atoms with van der Waals surface area (Å²) in [5, 5.41) is 0.321. The van der Waals surface area contributed by atoms with Gasteiger partial charge in [-0.15, -0.1) is 0 Å². The lowest BCUT2D eigenvalue weighted by Crippen LogP contribution is -2.43. The van der Waals surface area contributed by atoms with Crippen LogP contribution in [0.1, 0.15) is 0 Å². The minimum Gasteiger partial charge on any atom is -0.378 e.